The van der Waals surface area contributed by atoms with Gasteiger partial charge in [-0.25, -0.2) is 4.99 Å². The summed E-state index contributed by atoms with van der Waals surface area (Å²) in [5, 5.41) is 9.32. The first kappa shape index (κ1) is 18.0. The maximum Gasteiger partial charge on any atom is 0.222 e. The minimum Gasteiger partial charge on any atom is -0.357 e. The summed E-state index contributed by atoms with van der Waals surface area (Å²) in [6.07, 6.45) is 0. The van der Waals surface area contributed by atoms with Crippen molar-refractivity contribution < 1.29 is 4.79 Å². The molecule has 0 aromatic heterocycles. The molecular formula is C17H28N4O. The second-order valence-corrected chi connectivity index (χ2v) is 5.49. The van der Waals surface area contributed by atoms with E-state index < -0.39 is 0 Å². The van der Waals surface area contributed by atoms with Gasteiger partial charge in [-0.3, -0.25) is 4.79 Å². The van der Waals surface area contributed by atoms with Crippen LogP contribution in [0.3, 0.4) is 0 Å². The average Bonchev–Trinajstić information content (AvgIpc) is 2.50. The molecule has 22 heavy (non-hydrogen) atoms. The van der Waals surface area contributed by atoms with Crippen LogP contribution in [0.1, 0.15) is 31.9 Å². The number of carbonyl (C=O) groups is 1. The molecule has 0 fully saturated rings. The van der Waals surface area contributed by atoms with Gasteiger partial charge in [0.05, 0.1) is 6.54 Å². The van der Waals surface area contributed by atoms with E-state index in [0.717, 1.165) is 12.5 Å². The van der Waals surface area contributed by atoms with Crippen molar-refractivity contribution in [2.45, 2.75) is 34.2 Å². The van der Waals surface area contributed by atoms with Crippen molar-refractivity contribution in [2.75, 3.05) is 19.6 Å². The maximum absolute atomic E-state index is 11.5. The number of benzene rings is 1. The molecule has 122 valence electrons. The molecule has 0 atom stereocenters. The first-order valence-corrected chi connectivity index (χ1v) is 7.89. The van der Waals surface area contributed by atoms with E-state index in [1.165, 1.54) is 11.1 Å². The molecule has 0 spiro atoms. The van der Waals surface area contributed by atoms with E-state index in [4.69, 9.17) is 0 Å². The Kier molecular flexibility index (Phi) is 8.04. The maximum atomic E-state index is 11.5. The number of carbonyl (C=O) groups excluding carboxylic acids is 1. The number of nitrogens with one attached hydrogen (secondary N) is 3. The Morgan fingerprint density at radius 1 is 1.14 bits per heavy atom. The van der Waals surface area contributed by atoms with Crippen LogP contribution in [0.2, 0.25) is 0 Å². The van der Waals surface area contributed by atoms with Crippen molar-refractivity contribution in [3.05, 3.63) is 35.4 Å². The van der Waals surface area contributed by atoms with E-state index >= 15 is 0 Å². The highest BCUT2D eigenvalue weighted by Crippen LogP contribution is 2.07. The van der Waals surface area contributed by atoms with Crippen molar-refractivity contribution in [3.63, 3.8) is 0 Å². The van der Waals surface area contributed by atoms with E-state index in [9.17, 15) is 4.79 Å². The highest BCUT2D eigenvalue weighted by molar-refractivity contribution is 5.80. The Labute approximate surface area is 133 Å². The molecule has 1 rings (SSSR count). The minimum atomic E-state index is 0.0166. The molecule has 0 saturated heterocycles. The van der Waals surface area contributed by atoms with E-state index in [2.05, 4.69) is 40.0 Å². The first-order valence-electron chi connectivity index (χ1n) is 7.89. The third kappa shape index (κ3) is 6.61. The van der Waals surface area contributed by atoms with Gasteiger partial charge in [-0.05, 0) is 25.0 Å². The minimum absolute atomic E-state index is 0.0166. The van der Waals surface area contributed by atoms with Crippen molar-refractivity contribution in [3.8, 4) is 0 Å². The van der Waals surface area contributed by atoms with Crippen LogP contribution >= 0.6 is 0 Å². The highest BCUT2D eigenvalue weighted by Gasteiger charge is 2.05. The molecule has 1 aromatic rings. The molecule has 0 aliphatic rings. The number of guanidine groups is 1. The van der Waals surface area contributed by atoms with Gasteiger partial charge in [-0.15, -0.1) is 0 Å². The van der Waals surface area contributed by atoms with Gasteiger partial charge in [0.2, 0.25) is 5.91 Å². The van der Waals surface area contributed by atoms with Crippen LogP contribution in [-0.2, 0) is 11.3 Å². The smallest absolute Gasteiger partial charge is 0.222 e. The van der Waals surface area contributed by atoms with Gasteiger partial charge in [0.1, 0.15) is 0 Å². The number of amides is 1. The SMILES string of the molecule is CCNC(=NCc1ccccc1C)NCCNC(=O)C(C)C. The standard InChI is InChI=1S/C17H28N4O/c1-5-18-17(20-11-10-19-16(22)13(2)3)21-12-15-9-7-6-8-14(15)4/h6-9,13H,5,10-12H2,1-4H3,(H,19,22)(H2,18,20,21). The topological polar surface area (TPSA) is 65.5 Å². The number of hydrogen-bond acceptors (Lipinski definition) is 2. The number of aryl methyl sites for hydroxylation is 1. The lowest BCUT2D eigenvalue weighted by atomic mass is 10.1. The molecule has 0 saturated carbocycles. The van der Waals surface area contributed by atoms with Crippen LogP contribution in [0.4, 0.5) is 0 Å². The van der Waals surface area contributed by atoms with Crippen LogP contribution in [-0.4, -0.2) is 31.5 Å². The van der Waals surface area contributed by atoms with Crippen LogP contribution in [0.15, 0.2) is 29.3 Å². The monoisotopic (exact) mass is 304 g/mol. The summed E-state index contributed by atoms with van der Waals surface area (Å²) in [7, 11) is 0. The molecule has 5 heteroatoms. The van der Waals surface area contributed by atoms with Gasteiger partial charge >= 0.3 is 0 Å². The number of hydrogen-bond donors (Lipinski definition) is 3. The second-order valence-electron chi connectivity index (χ2n) is 5.49. The predicted molar refractivity (Wildman–Crippen MR) is 91.8 cm³/mol. The Morgan fingerprint density at radius 3 is 2.45 bits per heavy atom. The Balaban J connectivity index is 2.46. The molecule has 0 aliphatic carbocycles. The van der Waals surface area contributed by atoms with Crippen molar-refractivity contribution >= 4 is 11.9 Å². The van der Waals surface area contributed by atoms with Gasteiger partial charge in [-0.1, -0.05) is 38.1 Å². The second kappa shape index (κ2) is 9.82. The summed E-state index contributed by atoms with van der Waals surface area (Å²) >= 11 is 0. The lowest BCUT2D eigenvalue weighted by molar-refractivity contribution is -0.123. The van der Waals surface area contributed by atoms with E-state index in [0.29, 0.717) is 19.6 Å². The van der Waals surface area contributed by atoms with Crippen LogP contribution in [0.5, 0.6) is 0 Å². The van der Waals surface area contributed by atoms with E-state index in [-0.39, 0.29) is 11.8 Å². The molecule has 0 radical (unpaired) electrons. The number of nitrogens with zero attached hydrogens (tertiary/aromatic N) is 1. The zero-order chi connectivity index (χ0) is 16.4. The molecule has 0 heterocycles. The first-order chi connectivity index (χ1) is 10.5. The molecule has 0 bridgehead atoms. The molecule has 3 N–H and O–H groups in total. The highest BCUT2D eigenvalue weighted by atomic mass is 16.1. The summed E-state index contributed by atoms with van der Waals surface area (Å²) < 4.78 is 0. The largest absolute Gasteiger partial charge is 0.357 e. The van der Waals surface area contributed by atoms with Gasteiger partial charge < -0.3 is 16.0 Å². The van der Waals surface area contributed by atoms with Crippen molar-refractivity contribution in [2.24, 2.45) is 10.9 Å². The Bertz CT molecular complexity index is 497. The molecular weight excluding hydrogens is 276 g/mol. The quantitative estimate of drug-likeness (QED) is 0.409. The number of rotatable bonds is 7. The number of aliphatic imine (C=N–C) groups is 1. The molecule has 1 amide bonds. The summed E-state index contributed by atoms with van der Waals surface area (Å²) in [5.41, 5.74) is 2.46. The van der Waals surface area contributed by atoms with Gasteiger partial charge in [0, 0.05) is 25.6 Å². The van der Waals surface area contributed by atoms with Gasteiger partial charge in [0.15, 0.2) is 5.96 Å². The summed E-state index contributed by atoms with van der Waals surface area (Å²) in [6.45, 7) is 10.6. The summed E-state index contributed by atoms with van der Waals surface area (Å²) in [4.78, 5) is 16.1. The summed E-state index contributed by atoms with van der Waals surface area (Å²) in [6, 6.07) is 8.24. The fourth-order valence-corrected chi connectivity index (χ4v) is 1.86. The zero-order valence-corrected chi connectivity index (χ0v) is 14.1. The molecule has 0 aliphatic heterocycles. The molecule has 0 unspecified atom stereocenters. The van der Waals surface area contributed by atoms with E-state index in [1.807, 2.05) is 32.9 Å². The zero-order valence-electron chi connectivity index (χ0n) is 14.1. The summed E-state index contributed by atoms with van der Waals surface area (Å²) in [5.74, 6) is 0.858. The van der Waals surface area contributed by atoms with E-state index in [1.54, 1.807) is 0 Å². The van der Waals surface area contributed by atoms with Gasteiger partial charge in [0.25, 0.3) is 0 Å². The van der Waals surface area contributed by atoms with Crippen LogP contribution < -0.4 is 16.0 Å². The lowest BCUT2D eigenvalue weighted by Crippen LogP contribution is -2.42. The van der Waals surface area contributed by atoms with Gasteiger partial charge in [-0.2, -0.15) is 0 Å². The Hall–Kier alpha value is -2.04. The normalized spacial score (nSPS) is 11.4. The predicted octanol–water partition coefficient (Wildman–Crippen LogP) is 1.82. The molecule has 5 nitrogen and oxygen atoms in total. The Morgan fingerprint density at radius 2 is 1.82 bits per heavy atom. The molecule has 1 aromatic carbocycles. The van der Waals surface area contributed by atoms with Crippen molar-refractivity contribution in [1.82, 2.24) is 16.0 Å². The fourth-order valence-electron chi connectivity index (χ4n) is 1.86. The third-order valence-electron chi connectivity index (χ3n) is 3.25. The van der Waals surface area contributed by atoms with Crippen LogP contribution in [0.25, 0.3) is 0 Å². The van der Waals surface area contributed by atoms with Crippen molar-refractivity contribution in [1.29, 1.82) is 0 Å². The average molecular weight is 304 g/mol. The lowest BCUT2D eigenvalue weighted by Gasteiger charge is -2.13. The van der Waals surface area contributed by atoms with Crippen LogP contribution in [0, 0.1) is 12.8 Å². The fraction of sp³-hybridized carbons (Fsp3) is 0.529. The third-order valence-corrected chi connectivity index (χ3v) is 3.25.